The van der Waals surface area contributed by atoms with Crippen LogP contribution in [0.15, 0.2) is 0 Å². The van der Waals surface area contributed by atoms with Gasteiger partial charge in [0, 0.05) is 24.5 Å². The Hall–Kier alpha value is -0.280. The molecule has 0 aromatic heterocycles. The number of nitrogens with two attached hydrogens (primary N) is 1. The Morgan fingerprint density at radius 2 is 1.95 bits per heavy atom. The van der Waals surface area contributed by atoms with Crippen LogP contribution in [-0.4, -0.2) is 29.9 Å². The van der Waals surface area contributed by atoms with Gasteiger partial charge < -0.3 is 10.6 Å². The lowest BCUT2D eigenvalue weighted by Crippen LogP contribution is -2.56. The van der Waals surface area contributed by atoms with Crippen molar-refractivity contribution in [2.24, 2.45) is 22.5 Å². The van der Waals surface area contributed by atoms with E-state index in [0.29, 0.717) is 5.92 Å². The zero-order valence-electron chi connectivity index (χ0n) is 13.3. The molecular weight excluding hydrogens is 260 g/mol. The second-order valence-electron chi connectivity index (χ2n) is 7.59. The van der Waals surface area contributed by atoms with Gasteiger partial charge in [0.1, 0.15) is 0 Å². The molecule has 3 nitrogen and oxygen atoms in total. The monoisotopic (exact) mass is 290 g/mol. The predicted molar refractivity (Wildman–Crippen MR) is 83.4 cm³/mol. The van der Waals surface area contributed by atoms with Crippen LogP contribution in [0.25, 0.3) is 0 Å². The molecular formula is C15H31ClN2O. The maximum atomic E-state index is 12.6. The highest BCUT2D eigenvalue weighted by molar-refractivity contribution is 5.85. The van der Waals surface area contributed by atoms with Gasteiger partial charge in [-0.25, -0.2) is 0 Å². The van der Waals surface area contributed by atoms with E-state index in [4.69, 9.17) is 5.73 Å². The Morgan fingerprint density at radius 3 is 2.37 bits per heavy atom. The highest BCUT2D eigenvalue weighted by Crippen LogP contribution is 2.33. The van der Waals surface area contributed by atoms with Gasteiger partial charge in [-0.3, -0.25) is 4.79 Å². The van der Waals surface area contributed by atoms with Gasteiger partial charge in [0.2, 0.25) is 5.91 Å². The molecule has 0 aromatic rings. The van der Waals surface area contributed by atoms with Gasteiger partial charge in [0.15, 0.2) is 0 Å². The molecule has 2 N–H and O–H groups in total. The molecule has 1 atom stereocenters. The average molecular weight is 291 g/mol. The minimum atomic E-state index is -0.258. The van der Waals surface area contributed by atoms with Crippen LogP contribution in [0.3, 0.4) is 0 Å². The smallest absolute Gasteiger partial charge is 0.228 e. The van der Waals surface area contributed by atoms with E-state index < -0.39 is 0 Å². The Labute approximate surface area is 124 Å². The lowest BCUT2D eigenvalue weighted by atomic mass is 9.77. The van der Waals surface area contributed by atoms with Crippen molar-refractivity contribution < 1.29 is 4.79 Å². The van der Waals surface area contributed by atoms with Gasteiger partial charge >= 0.3 is 0 Å². The fourth-order valence-corrected chi connectivity index (χ4v) is 3.08. The van der Waals surface area contributed by atoms with E-state index in [1.807, 2.05) is 4.90 Å². The molecule has 0 saturated carbocycles. The fourth-order valence-electron chi connectivity index (χ4n) is 3.08. The number of hydrogen-bond acceptors (Lipinski definition) is 2. The molecule has 1 unspecified atom stereocenters. The number of rotatable bonds is 3. The average Bonchev–Trinajstić information content (AvgIpc) is 2.19. The number of nitrogens with zero attached hydrogens (tertiary/aromatic N) is 1. The van der Waals surface area contributed by atoms with Gasteiger partial charge in [-0.15, -0.1) is 12.4 Å². The first-order valence-corrected chi connectivity index (χ1v) is 7.11. The number of carbonyl (C=O) groups excluding carboxylic acids is 1. The molecule has 0 spiro atoms. The molecule has 1 saturated heterocycles. The summed E-state index contributed by atoms with van der Waals surface area (Å²) in [6, 6.07) is 0.203. The van der Waals surface area contributed by atoms with E-state index in [1.165, 1.54) is 0 Å². The van der Waals surface area contributed by atoms with Crippen molar-refractivity contribution in [1.29, 1.82) is 0 Å². The van der Waals surface area contributed by atoms with Crippen molar-refractivity contribution in [3.8, 4) is 0 Å². The highest BCUT2D eigenvalue weighted by atomic mass is 35.5. The van der Waals surface area contributed by atoms with E-state index in [2.05, 4.69) is 41.5 Å². The minimum absolute atomic E-state index is 0. The molecule has 1 amide bonds. The molecule has 0 aliphatic carbocycles. The Balaban J connectivity index is 0.00000324. The van der Waals surface area contributed by atoms with Gasteiger partial charge in [0.05, 0.1) is 0 Å². The van der Waals surface area contributed by atoms with Crippen LogP contribution in [0.4, 0.5) is 0 Å². The maximum Gasteiger partial charge on any atom is 0.228 e. The Kier molecular flexibility index (Phi) is 6.35. The molecule has 1 rings (SSSR count). The lowest BCUT2D eigenvalue weighted by Gasteiger charge is -2.45. The molecule has 114 valence electrons. The topological polar surface area (TPSA) is 46.3 Å². The molecule has 19 heavy (non-hydrogen) atoms. The number of likely N-dealkylation sites (tertiary alicyclic amines) is 1. The van der Waals surface area contributed by atoms with Crippen molar-refractivity contribution in [2.45, 2.75) is 60.4 Å². The van der Waals surface area contributed by atoms with E-state index in [9.17, 15) is 4.79 Å². The number of amides is 1. The number of carbonyl (C=O) groups is 1. The molecule has 1 heterocycles. The Bertz CT molecular complexity index is 313. The van der Waals surface area contributed by atoms with Crippen molar-refractivity contribution in [3.63, 3.8) is 0 Å². The summed E-state index contributed by atoms with van der Waals surface area (Å²) < 4.78 is 0. The minimum Gasteiger partial charge on any atom is -0.342 e. The van der Waals surface area contributed by atoms with Crippen molar-refractivity contribution in [1.82, 2.24) is 4.90 Å². The summed E-state index contributed by atoms with van der Waals surface area (Å²) in [5.41, 5.74) is 5.90. The fraction of sp³-hybridized carbons (Fsp3) is 0.933. The van der Waals surface area contributed by atoms with E-state index >= 15 is 0 Å². The normalized spacial score (nSPS) is 23.2. The SMILES string of the molecule is CC(C)CC(C)(C)C(=O)N1CCC(N)C(C)(C)C1.Cl. The van der Waals surface area contributed by atoms with E-state index in [-0.39, 0.29) is 35.2 Å². The van der Waals surface area contributed by atoms with E-state index in [1.54, 1.807) is 0 Å². The first-order chi connectivity index (χ1) is 8.06. The summed E-state index contributed by atoms with van der Waals surface area (Å²) in [6.07, 6.45) is 1.85. The van der Waals surface area contributed by atoms with Gasteiger partial charge in [-0.2, -0.15) is 0 Å². The summed E-state index contributed by atoms with van der Waals surface area (Å²) >= 11 is 0. The standard InChI is InChI=1S/C15H30N2O.ClH/c1-11(2)9-14(3,4)13(18)17-8-7-12(16)15(5,6)10-17;/h11-12H,7-10,16H2,1-6H3;1H. The van der Waals surface area contributed by atoms with Crippen LogP contribution < -0.4 is 5.73 Å². The van der Waals surface area contributed by atoms with Crippen molar-refractivity contribution in [2.75, 3.05) is 13.1 Å². The Morgan fingerprint density at radius 1 is 1.42 bits per heavy atom. The zero-order valence-corrected chi connectivity index (χ0v) is 14.1. The summed E-state index contributed by atoms with van der Waals surface area (Å²) in [4.78, 5) is 14.7. The summed E-state index contributed by atoms with van der Waals surface area (Å²) in [6.45, 7) is 14.4. The first kappa shape index (κ1) is 18.7. The van der Waals surface area contributed by atoms with Gasteiger partial charge in [0.25, 0.3) is 0 Å². The summed E-state index contributed by atoms with van der Waals surface area (Å²) in [5.74, 6) is 0.834. The largest absolute Gasteiger partial charge is 0.342 e. The molecule has 1 aliphatic rings. The molecule has 0 bridgehead atoms. The lowest BCUT2D eigenvalue weighted by molar-refractivity contribution is -0.144. The third-order valence-corrected chi connectivity index (χ3v) is 4.10. The molecule has 1 fully saturated rings. The molecule has 0 aromatic carbocycles. The second-order valence-corrected chi connectivity index (χ2v) is 7.59. The first-order valence-electron chi connectivity index (χ1n) is 7.11. The number of halogens is 1. The molecule has 4 heteroatoms. The second kappa shape index (κ2) is 6.45. The van der Waals surface area contributed by atoms with Crippen LogP contribution in [0.1, 0.15) is 54.4 Å². The quantitative estimate of drug-likeness (QED) is 0.868. The van der Waals surface area contributed by atoms with Crippen LogP contribution >= 0.6 is 12.4 Å². The third kappa shape index (κ3) is 4.64. The van der Waals surface area contributed by atoms with Crippen molar-refractivity contribution >= 4 is 18.3 Å². The zero-order chi connectivity index (χ0) is 14.1. The molecule has 1 aliphatic heterocycles. The van der Waals surface area contributed by atoms with Crippen LogP contribution in [0.5, 0.6) is 0 Å². The van der Waals surface area contributed by atoms with Crippen LogP contribution in [0.2, 0.25) is 0 Å². The summed E-state index contributed by atoms with van der Waals surface area (Å²) in [5, 5.41) is 0. The third-order valence-electron chi connectivity index (χ3n) is 4.10. The number of piperidine rings is 1. The molecule has 0 radical (unpaired) electrons. The number of hydrogen-bond donors (Lipinski definition) is 1. The van der Waals surface area contributed by atoms with Crippen molar-refractivity contribution in [3.05, 3.63) is 0 Å². The maximum absolute atomic E-state index is 12.6. The summed E-state index contributed by atoms with van der Waals surface area (Å²) in [7, 11) is 0. The predicted octanol–water partition coefficient (Wildman–Crippen LogP) is 3.07. The van der Waals surface area contributed by atoms with Gasteiger partial charge in [-0.1, -0.05) is 41.5 Å². The van der Waals surface area contributed by atoms with Crippen LogP contribution in [-0.2, 0) is 4.79 Å². The highest BCUT2D eigenvalue weighted by Gasteiger charge is 2.39. The van der Waals surface area contributed by atoms with E-state index in [0.717, 1.165) is 25.9 Å². The van der Waals surface area contributed by atoms with Gasteiger partial charge in [-0.05, 0) is 24.2 Å². The van der Waals surface area contributed by atoms with Crippen LogP contribution in [0, 0.1) is 16.7 Å².